The first-order valence-corrected chi connectivity index (χ1v) is 12.1. The summed E-state index contributed by atoms with van der Waals surface area (Å²) >= 11 is 0. The van der Waals surface area contributed by atoms with Crippen LogP contribution in [0, 0.1) is 0 Å². The molecule has 5 heteroatoms. The highest BCUT2D eigenvalue weighted by Gasteiger charge is 2.27. The van der Waals surface area contributed by atoms with Crippen LogP contribution in [0.3, 0.4) is 0 Å². The molecule has 1 N–H and O–H groups in total. The van der Waals surface area contributed by atoms with Gasteiger partial charge in [0.25, 0.3) is 5.91 Å². The SMILES string of the molecule is C[C@@H](NC(=O)c1cccc(C2CCN(C(=O)OC(C)(C)C)CC2)c1)c1cccc2ccccc12. The van der Waals surface area contributed by atoms with Crippen molar-refractivity contribution in [1.82, 2.24) is 10.2 Å². The average molecular weight is 459 g/mol. The summed E-state index contributed by atoms with van der Waals surface area (Å²) in [6.45, 7) is 9.00. The molecule has 1 saturated heterocycles. The van der Waals surface area contributed by atoms with Gasteiger partial charge in [0.05, 0.1) is 6.04 Å². The number of rotatable bonds is 4. The van der Waals surface area contributed by atoms with Crippen molar-refractivity contribution in [2.24, 2.45) is 0 Å². The lowest BCUT2D eigenvalue weighted by molar-refractivity contribution is 0.0205. The molecule has 4 rings (SSSR count). The predicted molar refractivity (Wildman–Crippen MR) is 136 cm³/mol. The molecular weight excluding hydrogens is 424 g/mol. The van der Waals surface area contributed by atoms with Crippen LogP contribution in [-0.4, -0.2) is 35.6 Å². The van der Waals surface area contributed by atoms with E-state index in [4.69, 9.17) is 4.74 Å². The first-order chi connectivity index (χ1) is 16.2. The summed E-state index contributed by atoms with van der Waals surface area (Å²) in [5.41, 5.74) is 2.43. The number of piperidine rings is 1. The zero-order valence-corrected chi connectivity index (χ0v) is 20.5. The van der Waals surface area contributed by atoms with Gasteiger partial charge >= 0.3 is 6.09 Å². The van der Waals surface area contributed by atoms with Gasteiger partial charge in [0, 0.05) is 18.7 Å². The summed E-state index contributed by atoms with van der Waals surface area (Å²) in [7, 11) is 0. The van der Waals surface area contributed by atoms with Gasteiger partial charge in [-0.3, -0.25) is 4.79 Å². The Morgan fingerprint density at radius 1 is 0.971 bits per heavy atom. The molecule has 0 spiro atoms. The molecule has 1 atom stereocenters. The smallest absolute Gasteiger partial charge is 0.410 e. The quantitative estimate of drug-likeness (QED) is 0.489. The Morgan fingerprint density at radius 2 is 1.65 bits per heavy atom. The maximum absolute atomic E-state index is 13.1. The second-order valence-corrected chi connectivity index (χ2v) is 10.1. The molecule has 0 radical (unpaired) electrons. The number of nitrogens with zero attached hydrogens (tertiary/aromatic N) is 1. The van der Waals surface area contributed by atoms with Crippen LogP contribution in [0.15, 0.2) is 66.7 Å². The molecule has 178 valence electrons. The van der Waals surface area contributed by atoms with E-state index in [9.17, 15) is 9.59 Å². The maximum Gasteiger partial charge on any atom is 0.410 e. The Labute approximate surface area is 202 Å². The number of ether oxygens (including phenoxy) is 1. The van der Waals surface area contributed by atoms with Gasteiger partial charge in [0.1, 0.15) is 5.60 Å². The van der Waals surface area contributed by atoms with Gasteiger partial charge < -0.3 is 15.0 Å². The van der Waals surface area contributed by atoms with Crippen LogP contribution in [0.1, 0.15) is 74.0 Å². The zero-order valence-electron chi connectivity index (χ0n) is 20.5. The fourth-order valence-electron chi connectivity index (χ4n) is 4.64. The normalized spacial score (nSPS) is 15.7. The third-order valence-electron chi connectivity index (χ3n) is 6.40. The van der Waals surface area contributed by atoms with E-state index in [-0.39, 0.29) is 18.0 Å². The lowest BCUT2D eigenvalue weighted by atomic mass is 9.88. The van der Waals surface area contributed by atoms with Crippen molar-refractivity contribution < 1.29 is 14.3 Å². The summed E-state index contributed by atoms with van der Waals surface area (Å²) in [5, 5.41) is 5.49. The first-order valence-electron chi connectivity index (χ1n) is 12.1. The highest BCUT2D eigenvalue weighted by Crippen LogP contribution is 2.30. The summed E-state index contributed by atoms with van der Waals surface area (Å²) in [5.74, 6) is 0.246. The number of likely N-dealkylation sites (tertiary alicyclic amines) is 1. The molecule has 2 amide bonds. The Balaban J connectivity index is 1.40. The molecule has 34 heavy (non-hydrogen) atoms. The lowest BCUT2D eigenvalue weighted by Gasteiger charge is -2.33. The second-order valence-electron chi connectivity index (χ2n) is 10.1. The number of fused-ring (bicyclic) bond motifs is 1. The van der Waals surface area contributed by atoms with Crippen LogP contribution in [-0.2, 0) is 4.74 Å². The van der Waals surface area contributed by atoms with Crippen LogP contribution in [0.4, 0.5) is 4.79 Å². The number of hydrogen-bond donors (Lipinski definition) is 1. The van der Waals surface area contributed by atoms with Crippen molar-refractivity contribution in [3.8, 4) is 0 Å². The van der Waals surface area contributed by atoms with Crippen molar-refractivity contribution in [3.63, 3.8) is 0 Å². The molecule has 0 aromatic heterocycles. The molecule has 3 aromatic rings. The van der Waals surface area contributed by atoms with E-state index in [1.54, 1.807) is 4.90 Å². The molecular formula is C29H34N2O3. The topological polar surface area (TPSA) is 58.6 Å². The lowest BCUT2D eigenvalue weighted by Crippen LogP contribution is -2.41. The highest BCUT2D eigenvalue weighted by molar-refractivity contribution is 5.95. The fraction of sp³-hybridized carbons (Fsp3) is 0.379. The average Bonchev–Trinajstić information content (AvgIpc) is 2.82. The van der Waals surface area contributed by atoms with Gasteiger partial charge in [-0.1, -0.05) is 54.6 Å². The van der Waals surface area contributed by atoms with Crippen molar-refractivity contribution in [3.05, 3.63) is 83.4 Å². The molecule has 0 saturated carbocycles. The second kappa shape index (κ2) is 9.88. The van der Waals surface area contributed by atoms with Crippen molar-refractivity contribution in [1.29, 1.82) is 0 Å². The molecule has 5 nitrogen and oxygen atoms in total. The third kappa shape index (κ3) is 5.58. The van der Waals surface area contributed by atoms with Gasteiger partial charge in [0.2, 0.25) is 0 Å². The highest BCUT2D eigenvalue weighted by atomic mass is 16.6. The van der Waals surface area contributed by atoms with Crippen LogP contribution in [0.2, 0.25) is 0 Å². The van der Waals surface area contributed by atoms with E-state index >= 15 is 0 Å². The summed E-state index contributed by atoms with van der Waals surface area (Å²) in [4.78, 5) is 27.2. The Bertz CT molecular complexity index is 1170. The van der Waals surface area contributed by atoms with E-state index in [1.807, 2.05) is 64.1 Å². The minimum atomic E-state index is -0.487. The van der Waals surface area contributed by atoms with Crippen LogP contribution in [0.25, 0.3) is 10.8 Å². The number of nitrogens with one attached hydrogen (secondary N) is 1. The number of amides is 2. The van der Waals surface area contributed by atoms with E-state index in [0.29, 0.717) is 24.6 Å². The van der Waals surface area contributed by atoms with E-state index < -0.39 is 5.60 Å². The summed E-state index contributed by atoms with van der Waals surface area (Å²) in [6, 6.07) is 22.2. The maximum atomic E-state index is 13.1. The van der Waals surface area contributed by atoms with Crippen molar-refractivity contribution >= 4 is 22.8 Å². The van der Waals surface area contributed by atoms with Gasteiger partial charge in [0.15, 0.2) is 0 Å². The standard InChI is InChI=1S/C29H34N2O3/c1-20(25-14-8-10-22-9-5-6-13-26(22)25)30-27(32)24-12-7-11-23(19-24)21-15-17-31(18-16-21)28(33)34-29(2,3)4/h5-14,19-21H,15-18H2,1-4H3,(H,30,32)/t20-/m1/s1. The molecule has 1 aliphatic heterocycles. The van der Waals surface area contributed by atoms with Gasteiger partial charge in [-0.05, 0) is 80.5 Å². The number of carbonyl (C=O) groups excluding carboxylic acids is 2. The molecule has 3 aromatic carbocycles. The first kappa shape index (κ1) is 23.8. The molecule has 1 heterocycles. The van der Waals surface area contributed by atoms with E-state index in [0.717, 1.165) is 29.4 Å². The summed E-state index contributed by atoms with van der Waals surface area (Å²) in [6.07, 6.45) is 1.47. The van der Waals surface area contributed by atoms with E-state index in [1.165, 1.54) is 5.39 Å². The Hall–Kier alpha value is -3.34. The molecule has 0 aliphatic carbocycles. The zero-order chi connectivity index (χ0) is 24.3. The molecule has 1 fully saturated rings. The molecule has 0 bridgehead atoms. The van der Waals surface area contributed by atoms with Gasteiger partial charge in [-0.2, -0.15) is 0 Å². The van der Waals surface area contributed by atoms with Crippen LogP contribution in [0.5, 0.6) is 0 Å². The number of hydrogen-bond acceptors (Lipinski definition) is 3. The van der Waals surface area contributed by atoms with Gasteiger partial charge in [-0.15, -0.1) is 0 Å². The largest absolute Gasteiger partial charge is 0.444 e. The predicted octanol–water partition coefficient (Wildman–Crippen LogP) is 6.45. The van der Waals surface area contributed by atoms with E-state index in [2.05, 4.69) is 35.6 Å². The van der Waals surface area contributed by atoms with Crippen molar-refractivity contribution in [2.45, 2.75) is 58.1 Å². The van der Waals surface area contributed by atoms with Crippen LogP contribution < -0.4 is 5.32 Å². The minimum Gasteiger partial charge on any atom is -0.444 e. The molecule has 0 unspecified atom stereocenters. The Morgan fingerprint density at radius 3 is 2.38 bits per heavy atom. The minimum absolute atomic E-state index is 0.0755. The number of carbonyl (C=O) groups is 2. The van der Waals surface area contributed by atoms with Gasteiger partial charge in [-0.25, -0.2) is 4.79 Å². The Kier molecular flexibility index (Phi) is 6.92. The monoisotopic (exact) mass is 458 g/mol. The third-order valence-corrected chi connectivity index (χ3v) is 6.40. The summed E-state index contributed by atoms with van der Waals surface area (Å²) < 4.78 is 5.50. The van der Waals surface area contributed by atoms with Crippen LogP contribution >= 0.6 is 0 Å². The number of benzene rings is 3. The molecule has 1 aliphatic rings. The fourth-order valence-corrected chi connectivity index (χ4v) is 4.64. The van der Waals surface area contributed by atoms with Crippen molar-refractivity contribution in [2.75, 3.05) is 13.1 Å².